The van der Waals surface area contributed by atoms with E-state index in [4.69, 9.17) is 0 Å². The van der Waals surface area contributed by atoms with Gasteiger partial charge in [-0.25, -0.2) is 0 Å². The molecule has 2 heterocycles. The van der Waals surface area contributed by atoms with E-state index in [9.17, 15) is 9.59 Å². The Kier molecular flexibility index (Phi) is 5.28. The summed E-state index contributed by atoms with van der Waals surface area (Å²) in [7, 11) is 0. The summed E-state index contributed by atoms with van der Waals surface area (Å²) in [6.45, 7) is 0.355. The van der Waals surface area contributed by atoms with Crippen molar-refractivity contribution in [3.05, 3.63) is 71.4 Å². The second kappa shape index (κ2) is 7.79. The molecule has 24 heavy (non-hydrogen) atoms. The molecule has 0 saturated heterocycles. The first-order valence-corrected chi connectivity index (χ1v) is 8.63. The van der Waals surface area contributed by atoms with E-state index in [2.05, 4.69) is 10.3 Å². The number of benzene rings is 1. The van der Waals surface area contributed by atoms with Crippen molar-refractivity contribution in [1.29, 1.82) is 0 Å². The van der Waals surface area contributed by atoms with E-state index < -0.39 is 0 Å². The van der Waals surface area contributed by atoms with Crippen molar-refractivity contribution < 1.29 is 9.59 Å². The van der Waals surface area contributed by atoms with Gasteiger partial charge >= 0.3 is 0 Å². The van der Waals surface area contributed by atoms with Crippen LogP contribution < -0.4 is 5.32 Å². The van der Waals surface area contributed by atoms with E-state index in [-0.39, 0.29) is 18.4 Å². The fraction of sp³-hybridized carbons (Fsp3) is 0.167. The van der Waals surface area contributed by atoms with Crippen LogP contribution in [-0.2, 0) is 16.1 Å². The van der Waals surface area contributed by atoms with Crippen LogP contribution in [0.4, 0.5) is 0 Å². The highest BCUT2D eigenvalue weighted by molar-refractivity contribution is 8.03. The quantitative estimate of drug-likeness (QED) is 0.908. The lowest BCUT2D eigenvalue weighted by molar-refractivity contribution is -0.131. The zero-order valence-electron chi connectivity index (χ0n) is 13.0. The summed E-state index contributed by atoms with van der Waals surface area (Å²) >= 11 is 1.45. The molecule has 0 radical (unpaired) electrons. The third-order valence-corrected chi connectivity index (χ3v) is 4.36. The topological polar surface area (TPSA) is 62.3 Å². The van der Waals surface area contributed by atoms with Crippen LogP contribution in [0.15, 0.2) is 60.1 Å². The monoisotopic (exact) mass is 339 g/mol. The molecule has 2 amide bonds. The van der Waals surface area contributed by atoms with Crippen molar-refractivity contribution in [2.75, 3.05) is 12.3 Å². The summed E-state index contributed by atoms with van der Waals surface area (Å²) in [5, 5.41) is 4.74. The Morgan fingerprint density at radius 2 is 1.96 bits per heavy atom. The van der Waals surface area contributed by atoms with Crippen LogP contribution in [0.3, 0.4) is 0 Å². The van der Waals surface area contributed by atoms with Crippen LogP contribution in [0.2, 0.25) is 0 Å². The number of thioether (sulfide) groups is 1. The molecule has 0 fully saturated rings. The first-order valence-electron chi connectivity index (χ1n) is 7.58. The van der Waals surface area contributed by atoms with Crippen LogP contribution in [-0.4, -0.2) is 34.0 Å². The highest BCUT2D eigenvalue weighted by Gasteiger charge is 2.25. The molecule has 6 heteroatoms. The molecule has 0 aliphatic carbocycles. The summed E-state index contributed by atoms with van der Waals surface area (Å²) in [6.07, 6.45) is 1.68. The lowest BCUT2D eigenvalue weighted by Crippen LogP contribution is -2.41. The van der Waals surface area contributed by atoms with Gasteiger partial charge in [-0.3, -0.25) is 14.6 Å². The zero-order chi connectivity index (χ0) is 16.8. The minimum Gasteiger partial charge on any atom is -0.349 e. The molecule has 1 aliphatic rings. The average molecular weight is 339 g/mol. The van der Waals surface area contributed by atoms with Gasteiger partial charge < -0.3 is 10.2 Å². The summed E-state index contributed by atoms with van der Waals surface area (Å²) in [4.78, 5) is 30.2. The zero-order valence-corrected chi connectivity index (χ0v) is 13.8. The van der Waals surface area contributed by atoms with E-state index in [1.54, 1.807) is 11.1 Å². The molecular weight excluding hydrogens is 322 g/mol. The number of hydrogen-bond donors (Lipinski definition) is 1. The molecular formula is C18H17N3O2S. The Morgan fingerprint density at radius 1 is 1.17 bits per heavy atom. The first-order chi connectivity index (χ1) is 11.7. The Balaban J connectivity index is 1.67. The van der Waals surface area contributed by atoms with Crippen molar-refractivity contribution in [3.63, 3.8) is 0 Å². The minimum absolute atomic E-state index is 0.00690. The molecule has 1 aliphatic heterocycles. The number of rotatable bonds is 5. The predicted molar refractivity (Wildman–Crippen MR) is 94.7 cm³/mol. The molecule has 5 nitrogen and oxygen atoms in total. The second-order valence-electron chi connectivity index (χ2n) is 5.26. The Morgan fingerprint density at radius 3 is 2.71 bits per heavy atom. The Hall–Kier alpha value is -2.60. The maximum absolute atomic E-state index is 12.3. The van der Waals surface area contributed by atoms with Gasteiger partial charge in [-0.1, -0.05) is 36.4 Å². The summed E-state index contributed by atoms with van der Waals surface area (Å²) in [6, 6.07) is 15.2. The molecule has 122 valence electrons. The van der Waals surface area contributed by atoms with Crippen LogP contribution >= 0.6 is 11.8 Å². The van der Waals surface area contributed by atoms with Crippen molar-refractivity contribution in [1.82, 2.24) is 15.2 Å². The summed E-state index contributed by atoms with van der Waals surface area (Å²) in [5.74, 6) is 0.0844. The second-order valence-corrected chi connectivity index (χ2v) is 6.12. The van der Waals surface area contributed by atoms with Crippen LogP contribution in [0.5, 0.6) is 0 Å². The van der Waals surface area contributed by atoms with E-state index >= 15 is 0 Å². The standard InChI is InChI=1S/C18H17N3O2S/c22-17(20-10-15-8-4-5-9-19-15)11-21-16(12-24-13-18(21)23)14-6-2-1-3-7-14/h1-9,12H,10-11,13H2,(H,20,22). The van der Waals surface area contributed by atoms with Gasteiger partial charge in [-0.2, -0.15) is 0 Å². The molecule has 1 N–H and O–H groups in total. The van der Waals surface area contributed by atoms with Crippen LogP contribution in [0.25, 0.3) is 5.70 Å². The third-order valence-electron chi connectivity index (χ3n) is 3.56. The predicted octanol–water partition coefficient (Wildman–Crippen LogP) is 2.27. The SMILES string of the molecule is O=C(CN1C(=O)CSC=C1c1ccccc1)NCc1ccccn1. The number of carbonyl (C=O) groups is 2. The number of carbonyl (C=O) groups excluding carboxylic acids is 2. The van der Waals surface area contributed by atoms with Crippen molar-refractivity contribution in [2.45, 2.75) is 6.54 Å². The first kappa shape index (κ1) is 16.3. The maximum Gasteiger partial charge on any atom is 0.240 e. The van der Waals surface area contributed by atoms with Crippen molar-refractivity contribution in [2.24, 2.45) is 0 Å². The highest BCUT2D eigenvalue weighted by Crippen LogP contribution is 2.27. The molecule has 0 saturated carbocycles. The molecule has 0 atom stereocenters. The van der Waals surface area contributed by atoms with Crippen LogP contribution in [0, 0.1) is 0 Å². The van der Waals surface area contributed by atoms with Gasteiger partial charge in [0.15, 0.2) is 0 Å². The van der Waals surface area contributed by atoms with Gasteiger partial charge in [-0.15, -0.1) is 11.8 Å². The molecule has 1 aromatic carbocycles. The summed E-state index contributed by atoms with van der Waals surface area (Å²) < 4.78 is 0. The third kappa shape index (κ3) is 4.02. The van der Waals surface area contributed by atoms with Gasteiger partial charge in [0, 0.05) is 6.20 Å². The van der Waals surface area contributed by atoms with E-state index in [1.807, 2.05) is 53.9 Å². The molecule has 2 aromatic rings. The molecule has 0 spiro atoms. The van der Waals surface area contributed by atoms with Gasteiger partial charge in [0.25, 0.3) is 0 Å². The smallest absolute Gasteiger partial charge is 0.240 e. The van der Waals surface area contributed by atoms with E-state index in [1.165, 1.54) is 11.8 Å². The number of nitrogens with zero attached hydrogens (tertiary/aromatic N) is 2. The molecule has 0 bridgehead atoms. The normalized spacial score (nSPS) is 14.2. The van der Waals surface area contributed by atoms with Crippen molar-refractivity contribution >= 4 is 29.3 Å². The molecule has 0 unspecified atom stereocenters. The Bertz CT molecular complexity index is 747. The number of nitrogens with one attached hydrogen (secondary N) is 1. The van der Waals surface area contributed by atoms with Gasteiger partial charge in [-0.05, 0) is 23.1 Å². The largest absolute Gasteiger partial charge is 0.349 e. The number of aromatic nitrogens is 1. The maximum atomic E-state index is 12.3. The van der Waals surface area contributed by atoms with E-state index in [0.29, 0.717) is 12.3 Å². The molecule has 3 rings (SSSR count). The number of pyridine rings is 1. The number of hydrogen-bond acceptors (Lipinski definition) is 4. The number of amides is 2. The lowest BCUT2D eigenvalue weighted by Gasteiger charge is -2.28. The van der Waals surface area contributed by atoms with E-state index in [0.717, 1.165) is 17.0 Å². The summed E-state index contributed by atoms with van der Waals surface area (Å²) in [5.41, 5.74) is 2.48. The lowest BCUT2D eigenvalue weighted by atomic mass is 10.1. The fourth-order valence-electron chi connectivity index (χ4n) is 2.37. The molecule has 1 aromatic heterocycles. The minimum atomic E-state index is -0.206. The Labute approximate surface area is 144 Å². The van der Waals surface area contributed by atoms with Gasteiger partial charge in [0.2, 0.25) is 11.8 Å². The van der Waals surface area contributed by atoms with Gasteiger partial charge in [0.1, 0.15) is 6.54 Å². The highest BCUT2D eigenvalue weighted by atomic mass is 32.2. The van der Waals surface area contributed by atoms with Crippen LogP contribution in [0.1, 0.15) is 11.3 Å². The average Bonchev–Trinajstić information content (AvgIpc) is 2.63. The van der Waals surface area contributed by atoms with Crippen molar-refractivity contribution in [3.8, 4) is 0 Å². The van der Waals surface area contributed by atoms with Gasteiger partial charge in [0.05, 0.1) is 23.7 Å². The fourth-order valence-corrected chi connectivity index (χ4v) is 3.17.